The van der Waals surface area contributed by atoms with Crippen LogP contribution in [-0.2, 0) is 28.5 Å². The molecule has 15 atom stereocenters. The van der Waals surface area contributed by atoms with Gasteiger partial charge in [0.05, 0.1) is 12.7 Å². The predicted octanol–water partition coefficient (Wildman–Crippen LogP) is -5.42. The molecular weight excluding hydrogens is 497 g/mol. The van der Waals surface area contributed by atoms with Crippen LogP contribution in [0.4, 0.5) is 4.39 Å². The van der Waals surface area contributed by atoms with Crippen LogP contribution in [0.2, 0.25) is 0 Å². The Labute approximate surface area is 204 Å². The van der Waals surface area contributed by atoms with Gasteiger partial charge in [-0.3, -0.25) is 4.79 Å². The van der Waals surface area contributed by atoms with Crippen LogP contribution in [-0.4, -0.2) is 152 Å². The molecule has 3 heterocycles. The summed E-state index contributed by atoms with van der Waals surface area (Å²) >= 11 is 0. The Hall–Kier alpha value is -1.12. The van der Waals surface area contributed by atoms with E-state index in [1.807, 2.05) is 0 Å². The van der Waals surface area contributed by atoms with Crippen molar-refractivity contribution >= 4 is 5.91 Å². The number of alkyl halides is 1. The maximum atomic E-state index is 13.5. The van der Waals surface area contributed by atoms with Gasteiger partial charge in [-0.05, 0) is 6.92 Å². The molecule has 36 heavy (non-hydrogen) atoms. The highest BCUT2D eigenvalue weighted by molar-refractivity contribution is 5.73. The van der Waals surface area contributed by atoms with Gasteiger partial charge >= 0.3 is 0 Å². The minimum absolute atomic E-state index is 0.659. The summed E-state index contributed by atoms with van der Waals surface area (Å²) < 4.78 is 40.6. The summed E-state index contributed by atoms with van der Waals surface area (Å²) in [4.78, 5) is 11.7. The van der Waals surface area contributed by atoms with Crippen LogP contribution in [0.1, 0.15) is 13.8 Å². The molecule has 3 saturated heterocycles. The number of amides is 1. The third-order valence-electron chi connectivity index (χ3n) is 6.43. The van der Waals surface area contributed by atoms with Crippen LogP contribution in [0.3, 0.4) is 0 Å². The molecule has 3 aliphatic heterocycles. The number of hydrogen-bond acceptors (Lipinski definition) is 14. The van der Waals surface area contributed by atoms with E-state index >= 15 is 0 Å². The Morgan fingerprint density at radius 1 is 0.806 bits per heavy atom. The quantitative estimate of drug-likeness (QED) is 0.149. The van der Waals surface area contributed by atoms with Gasteiger partial charge in [-0.15, -0.1) is 0 Å². The van der Waals surface area contributed by atoms with Gasteiger partial charge in [-0.2, -0.15) is 0 Å². The normalized spacial score (nSPS) is 50.0. The molecule has 0 aliphatic carbocycles. The zero-order valence-corrected chi connectivity index (χ0v) is 19.5. The van der Waals surface area contributed by atoms with Gasteiger partial charge < -0.3 is 69.9 Å². The summed E-state index contributed by atoms with van der Waals surface area (Å²) in [6.45, 7) is 0.449. The molecule has 3 rings (SSSR count). The fourth-order valence-corrected chi connectivity index (χ4v) is 4.36. The van der Waals surface area contributed by atoms with Gasteiger partial charge in [0.25, 0.3) is 0 Å². The summed E-state index contributed by atoms with van der Waals surface area (Å²) in [6.07, 6.45) is -22.9. The van der Waals surface area contributed by atoms with Gasteiger partial charge in [0, 0.05) is 6.92 Å². The Balaban J connectivity index is 1.88. The second kappa shape index (κ2) is 12.2. The van der Waals surface area contributed by atoms with E-state index in [9.17, 15) is 50.0 Å². The number of nitrogens with one attached hydrogen (secondary N) is 1. The standard InChI is InChI=1S/C20H34FNO14/c1-5-10(25)14(29)15(30)20(32-5)36-17-16(12(27)7(3-21)33-18(17)31)35-19-9(22-6(2)24)13(28)11(26)8(4-23)34-19/h5,7-20,23,25-31H,3-4H2,1-2H3,(H,22,24)/t5-,7+,8+,9+,10+,11-,12-,13+,14+,15-,16-,17+,18?,19+,20-/m0/s1. The Kier molecular flexibility index (Phi) is 9.94. The van der Waals surface area contributed by atoms with Crippen LogP contribution in [0, 0.1) is 0 Å². The number of carbonyl (C=O) groups is 1. The Bertz CT molecular complexity index is 737. The number of hydrogen-bond donors (Lipinski definition) is 9. The lowest BCUT2D eigenvalue weighted by Gasteiger charge is -2.48. The van der Waals surface area contributed by atoms with Crippen LogP contribution in [0.15, 0.2) is 0 Å². The summed E-state index contributed by atoms with van der Waals surface area (Å²) in [5.41, 5.74) is 0. The molecule has 0 bridgehead atoms. The third kappa shape index (κ3) is 5.96. The van der Waals surface area contributed by atoms with Crippen molar-refractivity contribution in [2.45, 2.75) is 106 Å². The number of halogens is 1. The molecule has 0 radical (unpaired) electrons. The van der Waals surface area contributed by atoms with E-state index in [1.54, 1.807) is 0 Å². The highest BCUT2D eigenvalue weighted by atomic mass is 19.1. The van der Waals surface area contributed by atoms with Crippen molar-refractivity contribution in [2.24, 2.45) is 0 Å². The highest BCUT2D eigenvalue weighted by Crippen LogP contribution is 2.32. The lowest BCUT2D eigenvalue weighted by Crippen LogP contribution is -2.68. The number of carbonyl (C=O) groups excluding carboxylic acids is 1. The average molecular weight is 531 g/mol. The molecule has 0 aromatic heterocycles. The van der Waals surface area contributed by atoms with Crippen LogP contribution in [0.25, 0.3) is 0 Å². The molecule has 0 spiro atoms. The number of aliphatic hydroxyl groups is 8. The van der Waals surface area contributed by atoms with E-state index in [2.05, 4.69) is 5.32 Å². The predicted molar refractivity (Wildman–Crippen MR) is 110 cm³/mol. The van der Waals surface area contributed by atoms with E-state index < -0.39 is 111 Å². The first-order chi connectivity index (χ1) is 16.9. The van der Waals surface area contributed by atoms with Crippen molar-refractivity contribution in [3.63, 3.8) is 0 Å². The van der Waals surface area contributed by atoms with Crippen molar-refractivity contribution in [2.75, 3.05) is 13.3 Å². The van der Waals surface area contributed by atoms with Gasteiger partial charge in [-0.1, -0.05) is 0 Å². The first-order valence-corrected chi connectivity index (χ1v) is 11.4. The second-order valence-electron chi connectivity index (χ2n) is 9.03. The number of aliphatic hydroxyl groups excluding tert-OH is 8. The van der Waals surface area contributed by atoms with Crippen LogP contribution < -0.4 is 5.32 Å². The molecule has 15 nitrogen and oxygen atoms in total. The minimum atomic E-state index is -1.97. The SMILES string of the molecule is CC(=O)N[C@H]1[C@@H](O[C@H]2[C@@H](O)[C@@H](CF)OC(O)[C@@H]2O[C@@H]2O[C@@H](C)[C@@H](O)[C@@H](O)[C@@H]2O)O[C@H](CO)[C@H](O)[C@@H]1O. The molecule has 0 saturated carbocycles. The lowest BCUT2D eigenvalue weighted by atomic mass is 9.95. The van der Waals surface area contributed by atoms with Crippen molar-refractivity contribution in [3.05, 3.63) is 0 Å². The molecule has 16 heteroatoms. The first-order valence-electron chi connectivity index (χ1n) is 11.4. The fraction of sp³-hybridized carbons (Fsp3) is 0.950. The molecule has 1 amide bonds. The van der Waals surface area contributed by atoms with E-state index in [0.29, 0.717) is 0 Å². The largest absolute Gasteiger partial charge is 0.394 e. The summed E-state index contributed by atoms with van der Waals surface area (Å²) in [5, 5.41) is 83.9. The average Bonchev–Trinajstić information content (AvgIpc) is 2.84. The van der Waals surface area contributed by atoms with Crippen molar-refractivity contribution in [1.29, 1.82) is 0 Å². The van der Waals surface area contributed by atoms with Gasteiger partial charge in [0.15, 0.2) is 18.9 Å². The maximum absolute atomic E-state index is 13.5. The van der Waals surface area contributed by atoms with E-state index in [4.69, 9.17) is 23.7 Å². The molecule has 0 aromatic carbocycles. The smallest absolute Gasteiger partial charge is 0.217 e. The zero-order valence-electron chi connectivity index (χ0n) is 19.5. The monoisotopic (exact) mass is 531 g/mol. The van der Waals surface area contributed by atoms with E-state index in [1.165, 1.54) is 6.92 Å². The molecule has 1 unspecified atom stereocenters. The minimum Gasteiger partial charge on any atom is -0.394 e. The van der Waals surface area contributed by atoms with E-state index in [0.717, 1.165) is 6.92 Å². The van der Waals surface area contributed by atoms with Crippen molar-refractivity contribution in [1.82, 2.24) is 5.32 Å². The zero-order chi connectivity index (χ0) is 26.9. The molecule has 9 N–H and O–H groups in total. The maximum Gasteiger partial charge on any atom is 0.217 e. The van der Waals surface area contributed by atoms with Crippen molar-refractivity contribution in [3.8, 4) is 0 Å². The lowest BCUT2D eigenvalue weighted by molar-refractivity contribution is -0.379. The summed E-state index contributed by atoms with van der Waals surface area (Å²) in [7, 11) is 0. The molecular formula is C20H34FNO14. The molecule has 210 valence electrons. The van der Waals surface area contributed by atoms with Crippen molar-refractivity contribution < 1.29 is 73.7 Å². The second-order valence-corrected chi connectivity index (χ2v) is 9.03. The topological polar surface area (TPSA) is 237 Å². The van der Waals surface area contributed by atoms with Gasteiger partial charge in [0.2, 0.25) is 5.91 Å². The third-order valence-corrected chi connectivity index (χ3v) is 6.43. The van der Waals surface area contributed by atoms with Gasteiger partial charge in [-0.25, -0.2) is 4.39 Å². The Morgan fingerprint density at radius 2 is 1.44 bits per heavy atom. The molecule has 3 aliphatic rings. The summed E-state index contributed by atoms with van der Waals surface area (Å²) in [6, 6.07) is -1.44. The Morgan fingerprint density at radius 3 is 2.03 bits per heavy atom. The summed E-state index contributed by atoms with van der Waals surface area (Å²) in [5.74, 6) is -0.659. The number of rotatable bonds is 7. The number of ether oxygens (including phenoxy) is 5. The first kappa shape index (κ1) is 29.4. The van der Waals surface area contributed by atoms with Crippen LogP contribution >= 0.6 is 0 Å². The molecule has 0 aromatic rings. The van der Waals surface area contributed by atoms with Gasteiger partial charge in [0.1, 0.15) is 73.8 Å². The van der Waals surface area contributed by atoms with Crippen LogP contribution in [0.5, 0.6) is 0 Å². The molecule has 3 fully saturated rings. The fourth-order valence-electron chi connectivity index (χ4n) is 4.36. The van der Waals surface area contributed by atoms with E-state index in [-0.39, 0.29) is 0 Å². The highest BCUT2D eigenvalue weighted by Gasteiger charge is 2.54.